The zero-order valence-corrected chi connectivity index (χ0v) is 33.3. The van der Waals surface area contributed by atoms with Gasteiger partial charge in [-0.25, -0.2) is 6.07 Å². The van der Waals surface area contributed by atoms with Gasteiger partial charge < -0.3 is 24.2 Å². The van der Waals surface area contributed by atoms with Crippen molar-refractivity contribution in [1.82, 2.24) is 4.57 Å². The minimum atomic E-state index is -0.0768. The maximum Gasteiger partial charge on any atom is 4.00 e. The average molecular weight is 778 g/mol. The van der Waals surface area contributed by atoms with Crippen molar-refractivity contribution in [2.24, 2.45) is 7.05 Å². The molecular weight excluding hydrogens is 725 g/mol. The fraction of sp³-hybridized carbons (Fsp3) is 0.349. The average Bonchev–Trinajstić information content (AvgIpc) is 3.66. The molecule has 240 valence electrons. The van der Waals surface area contributed by atoms with E-state index >= 15 is 0 Å². The topological polar surface area (TPSA) is 14.2 Å². The fourth-order valence-electron chi connectivity index (χ4n) is 7.20. The van der Waals surface area contributed by atoms with Crippen molar-refractivity contribution in [1.29, 1.82) is 0 Å². The molecule has 0 bridgehead atoms. The molecule has 0 radical (unpaired) electrons. The van der Waals surface area contributed by atoms with Gasteiger partial charge in [0.25, 0.3) is 0 Å². The van der Waals surface area contributed by atoms with Gasteiger partial charge in [0, 0.05) is 35.5 Å². The van der Waals surface area contributed by atoms with E-state index in [0.717, 1.165) is 19.4 Å². The number of aromatic nitrogens is 1. The van der Waals surface area contributed by atoms with Gasteiger partial charge in [-0.15, -0.1) is 34.0 Å². The van der Waals surface area contributed by atoms with Crippen LogP contribution in [-0.4, -0.2) is 16.8 Å². The number of unbranched alkanes of at least 4 members (excludes halogenated alkanes) is 3. The summed E-state index contributed by atoms with van der Waals surface area (Å²) in [5, 5.41) is 5.36. The third-order valence-corrected chi connectivity index (χ3v) is 9.41. The van der Waals surface area contributed by atoms with Crippen LogP contribution in [0.5, 0.6) is 0 Å². The Morgan fingerprint density at radius 3 is 2.22 bits per heavy atom. The number of fused-ring (bicyclic) bond motifs is 4. The van der Waals surface area contributed by atoms with E-state index in [1.54, 1.807) is 0 Å². The second-order valence-corrected chi connectivity index (χ2v) is 14.0. The summed E-state index contributed by atoms with van der Waals surface area (Å²) in [6, 6.07) is 32.1. The van der Waals surface area contributed by atoms with E-state index in [1.807, 2.05) is 0 Å². The van der Waals surface area contributed by atoms with Crippen molar-refractivity contribution in [2.45, 2.75) is 84.7 Å². The molecule has 0 saturated carbocycles. The van der Waals surface area contributed by atoms with E-state index in [1.165, 1.54) is 85.2 Å². The summed E-state index contributed by atoms with van der Waals surface area (Å²) in [7, 11) is 2.17. The molecule has 6 rings (SSSR count). The zero-order chi connectivity index (χ0) is 30.4. The monoisotopic (exact) mass is 779 g/mol. The van der Waals surface area contributed by atoms with Gasteiger partial charge in [-0.2, -0.15) is 29.3 Å². The Kier molecular flexibility index (Phi) is 12.3. The van der Waals surface area contributed by atoms with Crippen LogP contribution in [0.2, 0.25) is 0 Å². The Labute approximate surface area is 297 Å². The summed E-state index contributed by atoms with van der Waals surface area (Å²) < 4.78 is 8.18. The first kappa shape index (κ1) is 37.7. The molecule has 6 aromatic rings. The predicted molar refractivity (Wildman–Crippen MR) is 199 cm³/mol. The molecule has 0 aliphatic heterocycles. The summed E-state index contributed by atoms with van der Waals surface area (Å²) in [6.07, 6.45) is 6.04. The van der Waals surface area contributed by atoms with Gasteiger partial charge in [0.2, 0.25) is 0 Å². The number of ether oxygens (including phenoxy) is 1. The van der Waals surface area contributed by atoms with E-state index in [4.69, 9.17) is 4.74 Å². The van der Waals surface area contributed by atoms with E-state index < -0.39 is 0 Å². The molecule has 0 amide bonds. The molecule has 0 atom stereocenters. The third kappa shape index (κ3) is 7.37. The largest absolute Gasteiger partial charge is 4.00 e. The number of hydrogen-bond donors (Lipinski definition) is 0. The molecular formula is C43H53HfNO. The first-order chi connectivity index (χ1) is 20.5. The Balaban J connectivity index is 0.00000192. The minimum Gasteiger partial charge on any atom is -0.376 e. The first-order valence-corrected chi connectivity index (χ1v) is 16.1. The molecule has 2 nitrogen and oxygen atoms in total. The Hall–Kier alpha value is -2.75. The van der Waals surface area contributed by atoms with Gasteiger partial charge >= 0.3 is 25.8 Å². The second kappa shape index (κ2) is 15.0. The summed E-state index contributed by atoms with van der Waals surface area (Å²) in [4.78, 5) is 0. The maximum atomic E-state index is 5.88. The van der Waals surface area contributed by atoms with Crippen LogP contribution >= 0.6 is 0 Å². The van der Waals surface area contributed by atoms with Crippen molar-refractivity contribution in [3.63, 3.8) is 0 Å². The van der Waals surface area contributed by atoms with E-state index in [-0.39, 0.29) is 51.7 Å². The molecule has 5 aromatic carbocycles. The van der Waals surface area contributed by atoms with Crippen LogP contribution in [0.4, 0.5) is 0 Å². The van der Waals surface area contributed by atoms with Crippen molar-refractivity contribution < 1.29 is 30.6 Å². The van der Waals surface area contributed by atoms with Crippen molar-refractivity contribution >= 4 is 32.6 Å². The van der Waals surface area contributed by atoms with Gasteiger partial charge in [0.15, 0.2) is 0 Å². The van der Waals surface area contributed by atoms with Gasteiger partial charge in [-0.3, -0.25) is 0 Å². The van der Waals surface area contributed by atoms with Crippen LogP contribution in [0, 0.1) is 21.8 Å². The molecule has 1 aromatic heterocycles. The van der Waals surface area contributed by atoms with Crippen molar-refractivity contribution in [2.75, 3.05) is 6.61 Å². The number of nitrogens with zero attached hydrogens (tertiary/aromatic N) is 1. The standard InChI is InChI=1S/C41H47NO.2CH3.Hf/c1-28-25-35-32(30-21-23-38-36(27-30)33-16-11-12-19-37(33)42(38)7)17-14-18-34(35)39(28)41(5,6)31-22-20-29(26-31)15-10-8-9-13-24-43-40(2,3)4;;;/h11-12,14,16-23,25-27H,8-10,13,15,24H2,1-7H3;2*1H3;/q-2;2*-1;+4. The number of rotatable bonds is 10. The minimum absolute atomic E-state index is 0. The van der Waals surface area contributed by atoms with Crippen LogP contribution in [0.25, 0.3) is 43.7 Å². The SMILES string of the molecule is Cc1cc2c(-c3ccc4c(c3)c3ccccc3n4C)cccc2[c-]1C(C)(C)[c-]1ccc(CCCCCCOC(C)(C)C)c1.[CH3-].[CH3-].[Hf+4]. The van der Waals surface area contributed by atoms with Gasteiger partial charge in [-0.05, 0) is 51.0 Å². The van der Waals surface area contributed by atoms with Crippen LogP contribution in [0.15, 0.2) is 84.9 Å². The summed E-state index contributed by atoms with van der Waals surface area (Å²) in [5.74, 6) is 0. The normalized spacial score (nSPS) is 11.9. The van der Waals surface area contributed by atoms with Crippen LogP contribution in [0.3, 0.4) is 0 Å². The smallest absolute Gasteiger partial charge is 0.376 e. The van der Waals surface area contributed by atoms with Gasteiger partial charge in [0.05, 0.1) is 5.60 Å². The van der Waals surface area contributed by atoms with E-state index in [9.17, 15) is 0 Å². The first-order valence-electron chi connectivity index (χ1n) is 16.1. The molecule has 0 spiro atoms. The maximum absolute atomic E-state index is 5.88. The van der Waals surface area contributed by atoms with E-state index in [0.29, 0.717) is 0 Å². The van der Waals surface area contributed by atoms with Gasteiger partial charge in [0.1, 0.15) is 0 Å². The quantitative estimate of drug-likeness (QED) is 0.0768. The summed E-state index contributed by atoms with van der Waals surface area (Å²) in [6.45, 7) is 14.4. The molecule has 0 unspecified atom stereocenters. The molecule has 0 saturated heterocycles. The van der Waals surface area contributed by atoms with Crippen molar-refractivity contribution in [3.8, 4) is 11.1 Å². The summed E-state index contributed by atoms with van der Waals surface area (Å²) in [5.41, 5.74) is 10.7. The number of benzene rings is 3. The fourth-order valence-corrected chi connectivity index (χ4v) is 7.20. The summed E-state index contributed by atoms with van der Waals surface area (Å²) >= 11 is 0. The Morgan fingerprint density at radius 1 is 0.739 bits per heavy atom. The zero-order valence-electron chi connectivity index (χ0n) is 29.7. The second-order valence-electron chi connectivity index (χ2n) is 14.0. The molecule has 3 heteroatoms. The number of aryl methyl sites for hydroxylation is 3. The molecule has 0 N–H and O–H groups in total. The molecule has 0 aliphatic rings. The van der Waals surface area contributed by atoms with E-state index in [2.05, 4.69) is 138 Å². The Morgan fingerprint density at radius 2 is 1.46 bits per heavy atom. The molecule has 0 fully saturated rings. The predicted octanol–water partition coefficient (Wildman–Crippen LogP) is 12.0. The third-order valence-electron chi connectivity index (χ3n) is 9.41. The number of para-hydroxylation sites is 1. The van der Waals surface area contributed by atoms with Crippen LogP contribution in [-0.2, 0) is 49.5 Å². The molecule has 46 heavy (non-hydrogen) atoms. The number of hydrogen-bond acceptors (Lipinski definition) is 1. The molecule has 1 heterocycles. The molecule has 0 aliphatic carbocycles. The Bertz CT molecular complexity index is 1890. The van der Waals surface area contributed by atoms with Crippen LogP contribution in [0.1, 0.15) is 82.6 Å². The van der Waals surface area contributed by atoms with Crippen molar-refractivity contribution in [3.05, 3.63) is 122 Å². The van der Waals surface area contributed by atoms with Crippen LogP contribution < -0.4 is 0 Å². The van der Waals surface area contributed by atoms with Gasteiger partial charge in [-0.1, -0.05) is 87.8 Å².